The molecule has 1 aromatic rings. The fourth-order valence-corrected chi connectivity index (χ4v) is 3.79. The van der Waals surface area contributed by atoms with Crippen molar-refractivity contribution in [2.45, 2.75) is 62.6 Å². The van der Waals surface area contributed by atoms with Crippen LogP contribution < -0.4 is 5.32 Å². The van der Waals surface area contributed by atoms with Crippen LogP contribution in [0.5, 0.6) is 0 Å². The zero-order valence-electron chi connectivity index (χ0n) is 13.4. The Morgan fingerprint density at radius 1 is 1.27 bits per heavy atom. The molecule has 3 heterocycles. The molecule has 3 fully saturated rings. The molecular weight excluding hydrogens is 280 g/mol. The molecule has 122 valence electrons. The predicted octanol–water partition coefficient (Wildman–Crippen LogP) is 1.68. The molecule has 2 saturated heterocycles. The van der Waals surface area contributed by atoms with Gasteiger partial charge in [0.15, 0.2) is 5.82 Å². The minimum atomic E-state index is 0.0961. The van der Waals surface area contributed by atoms with Gasteiger partial charge in [-0.25, -0.2) is 0 Å². The summed E-state index contributed by atoms with van der Waals surface area (Å²) in [7, 11) is 2.18. The average molecular weight is 306 g/mol. The largest absolute Gasteiger partial charge is 0.375 e. The van der Waals surface area contributed by atoms with Gasteiger partial charge in [0.25, 0.3) is 0 Å². The highest BCUT2D eigenvalue weighted by atomic mass is 16.5. The predicted molar refractivity (Wildman–Crippen MR) is 81.5 cm³/mol. The first-order valence-electron chi connectivity index (χ1n) is 8.61. The third-order valence-corrected chi connectivity index (χ3v) is 5.41. The molecule has 0 amide bonds. The van der Waals surface area contributed by atoms with Gasteiger partial charge in [-0.3, -0.25) is 4.90 Å². The Balaban J connectivity index is 1.37. The van der Waals surface area contributed by atoms with Crippen LogP contribution in [-0.2, 0) is 11.3 Å². The number of nitrogens with zero attached hydrogens (tertiary/aromatic N) is 3. The first-order chi connectivity index (χ1) is 10.7. The smallest absolute Gasteiger partial charge is 0.229 e. The normalized spacial score (nSPS) is 28.4. The van der Waals surface area contributed by atoms with Crippen molar-refractivity contribution in [3.8, 4) is 0 Å². The Morgan fingerprint density at radius 3 is 2.86 bits per heavy atom. The minimum absolute atomic E-state index is 0.0961. The van der Waals surface area contributed by atoms with Gasteiger partial charge in [-0.2, -0.15) is 4.98 Å². The molecule has 0 radical (unpaired) electrons. The zero-order chi connectivity index (χ0) is 15.0. The molecule has 1 spiro atoms. The van der Waals surface area contributed by atoms with Gasteiger partial charge < -0.3 is 14.6 Å². The molecule has 0 aromatic carbocycles. The second kappa shape index (κ2) is 5.91. The molecule has 1 unspecified atom stereocenters. The number of piperidine rings is 1. The first-order valence-corrected chi connectivity index (χ1v) is 8.61. The van der Waals surface area contributed by atoms with Gasteiger partial charge in [0.2, 0.25) is 5.89 Å². The molecule has 6 nitrogen and oxygen atoms in total. The topological polar surface area (TPSA) is 63.4 Å². The van der Waals surface area contributed by atoms with Gasteiger partial charge in [-0.05, 0) is 58.7 Å². The summed E-state index contributed by atoms with van der Waals surface area (Å²) >= 11 is 0. The maximum absolute atomic E-state index is 6.16. The van der Waals surface area contributed by atoms with Crippen LogP contribution in [-0.4, -0.2) is 53.4 Å². The van der Waals surface area contributed by atoms with Crippen LogP contribution in [0.3, 0.4) is 0 Å². The lowest BCUT2D eigenvalue weighted by Crippen LogP contribution is -2.52. The van der Waals surface area contributed by atoms with E-state index in [9.17, 15) is 0 Å². The number of nitrogens with one attached hydrogen (secondary N) is 1. The lowest BCUT2D eigenvalue weighted by atomic mass is 9.82. The molecule has 6 heteroatoms. The summed E-state index contributed by atoms with van der Waals surface area (Å²) in [5, 5.41) is 7.58. The summed E-state index contributed by atoms with van der Waals surface area (Å²) in [4.78, 5) is 6.93. The van der Waals surface area contributed by atoms with Gasteiger partial charge in [0, 0.05) is 18.6 Å². The van der Waals surface area contributed by atoms with Crippen LogP contribution in [0.2, 0.25) is 0 Å². The van der Waals surface area contributed by atoms with Crippen LogP contribution in [0, 0.1) is 0 Å². The van der Waals surface area contributed by atoms with Crippen molar-refractivity contribution in [1.82, 2.24) is 20.4 Å². The Bertz CT molecular complexity index is 502. The van der Waals surface area contributed by atoms with Gasteiger partial charge >= 0.3 is 0 Å². The van der Waals surface area contributed by atoms with Crippen LogP contribution in [0.4, 0.5) is 0 Å². The number of aromatic nitrogens is 2. The molecule has 1 atom stereocenters. The van der Waals surface area contributed by atoms with E-state index in [-0.39, 0.29) is 5.60 Å². The highest BCUT2D eigenvalue weighted by molar-refractivity contribution is 5.02. The van der Waals surface area contributed by atoms with Crippen LogP contribution in [0.15, 0.2) is 4.52 Å². The maximum atomic E-state index is 6.16. The summed E-state index contributed by atoms with van der Waals surface area (Å²) in [6.07, 6.45) is 6.89. The van der Waals surface area contributed by atoms with E-state index in [2.05, 4.69) is 27.4 Å². The Kier molecular flexibility index (Phi) is 3.92. The zero-order valence-corrected chi connectivity index (χ0v) is 13.4. The van der Waals surface area contributed by atoms with E-state index in [1.54, 1.807) is 0 Å². The third kappa shape index (κ3) is 3.05. The van der Waals surface area contributed by atoms with Crippen molar-refractivity contribution < 1.29 is 9.26 Å². The second-order valence-corrected chi connectivity index (χ2v) is 7.17. The van der Waals surface area contributed by atoms with E-state index in [4.69, 9.17) is 9.26 Å². The fraction of sp³-hybridized carbons (Fsp3) is 0.875. The summed E-state index contributed by atoms with van der Waals surface area (Å²) in [5.41, 5.74) is 0.0961. The van der Waals surface area contributed by atoms with Crippen molar-refractivity contribution >= 4 is 0 Å². The standard InChI is InChI=1S/C16H26N4O2/c1-20(11-14-18-15(22-19-14)12-2-3-12)13-4-9-21-16(10-13)5-7-17-8-6-16/h12-13,17H,2-11H2,1H3. The first kappa shape index (κ1) is 14.6. The molecule has 1 aliphatic carbocycles. The van der Waals surface area contributed by atoms with E-state index in [0.29, 0.717) is 12.0 Å². The highest BCUT2D eigenvalue weighted by Gasteiger charge is 2.39. The molecule has 1 aromatic heterocycles. The SMILES string of the molecule is CN(Cc1noc(C2CC2)n1)C1CCOC2(CCNCC2)C1. The number of ether oxygens (including phenoxy) is 1. The summed E-state index contributed by atoms with van der Waals surface area (Å²) in [5.74, 6) is 2.20. The monoisotopic (exact) mass is 306 g/mol. The summed E-state index contributed by atoms with van der Waals surface area (Å²) in [6, 6.07) is 0.551. The molecule has 22 heavy (non-hydrogen) atoms. The van der Waals surface area contributed by atoms with E-state index < -0.39 is 0 Å². The minimum Gasteiger partial charge on any atom is -0.375 e. The number of hydrogen-bond donors (Lipinski definition) is 1. The lowest BCUT2D eigenvalue weighted by molar-refractivity contribution is -0.119. The van der Waals surface area contributed by atoms with Crippen LogP contribution in [0.25, 0.3) is 0 Å². The van der Waals surface area contributed by atoms with E-state index in [0.717, 1.165) is 63.6 Å². The van der Waals surface area contributed by atoms with Crippen molar-refractivity contribution in [3.63, 3.8) is 0 Å². The molecule has 1 saturated carbocycles. The molecule has 4 rings (SSSR count). The Labute approximate surface area is 131 Å². The number of rotatable bonds is 4. The van der Waals surface area contributed by atoms with Crippen molar-refractivity contribution in [2.24, 2.45) is 0 Å². The van der Waals surface area contributed by atoms with Crippen LogP contribution >= 0.6 is 0 Å². The van der Waals surface area contributed by atoms with Crippen molar-refractivity contribution in [3.05, 3.63) is 11.7 Å². The quantitative estimate of drug-likeness (QED) is 0.913. The summed E-state index contributed by atoms with van der Waals surface area (Å²) in [6.45, 7) is 3.79. The van der Waals surface area contributed by atoms with Crippen LogP contribution in [0.1, 0.15) is 56.2 Å². The van der Waals surface area contributed by atoms with Gasteiger partial charge in [0.1, 0.15) is 0 Å². The van der Waals surface area contributed by atoms with Gasteiger partial charge in [-0.1, -0.05) is 5.16 Å². The molecule has 2 aliphatic heterocycles. The third-order valence-electron chi connectivity index (χ3n) is 5.41. The Morgan fingerprint density at radius 2 is 2.09 bits per heavy atom. The maximum Gasteiger partial charge on any atom is 0.229 e. The molecule has 1 N–H and O–H groups in total. The number of hydrogen-bond acceptors (Lipinski definition) is 6. The molecule has 0 bridgehead atoms. The Hall–Kier alpha value is -0.980. The lowest BCUT2D eigenvalue weighted by Gasteiger charge is -2.45. The van der Waals surface area contributed by atoms with Gasteiger partial charge in [0.05, 0.1) is 12.1 Å². The molecular formula is C16H26N4O2. The molecule has 3 aliphatic rings. The fourth-order valence-electron chi connectivity index (χ4n) is 3.79. The average Bonchev–Trinajstić information content (AvgIpc) is 3.28. The second-order valence-electron chi connectivity index (χ2n) is 7.17. The van der Waals surface area contributed by atoms with E-state index in [1.165, 1.54) is 12.8 Å². The summed E-state index contributed by atoms with van der Waals surface area (Å²) < 4.78 is 11.5. The highest BCUT2D eigenvalue weighted by Crippen LogP contribution is 2.39. The van der Waals surface area contributed by atoms with Crippen molar-refractivity contribution in [2.75, 3.05) is 26.7 Å². The van der Waals surface area contributed by atoms with E-state index in [1.807, 2.05) is 0 Å². The van der Waals surface area contributed by atoms with E-state index >= 15 is 0 Å². The van der Waals surface area contributed by atoms with Crippen molar-refractivity contribution in [1.29, 1.82) is 0 Å². The van der Waals surface area contributed by atoms with Gasteiger partial charge in [-0.15, -0.1) is 0 Å².